The highest BCUT2D eigenvalue weighted by Gasteiger charge is 2.30. The summed E-state index contributed by atoms with van der Waals surface area (Å²) in [5.74, 6) is 0.945. The topological polar surface area (TPSA) is 20.2 Å². The minimum Gasteiger partial charge on any atom is -0.508 e. The zero-order valence-corrected chi connectivity index (χ0v) is 16.4. The van der Waals surface area contributed by atoms with Crippen LogP contribution in [0.25, 0.3) is 0 Å². The Kier molecular flexibility index (Phi) is 7.11. The summed E-state index contributed by atoms with van der Waals surface area (Å²) in [6.45, 7) is 8.98. The van der Waals surface area contributed by atoms with E-state index in [2.05, 4.69) is 58.0 Å². The van der Waals surface area contributed by atoms with Gasteiger partial charge in [0.05, 0.1) is 0 Å². The molecule has 0 aliphatic rings. The molecular weight excluding hydrogens is 304 g/mol. The van der Waals surface area contributed by atoms with E-state index in [1.807, 2.05) is 18.2 Å². The van der Waals surface area contributed by atoms with Crippen molar-refractivity contribution >= 4 is 0 Å². The first-order chi connectivity index (χ1) is 12.0. The van der Waals surface area contributed by atoms with Crippen LogP contribution in [0.1, 0.15) is 88.8 Å². The van der Waals surface area contributed by atoms with Gasteiger partial charge in [0.25, 0.3) is 0 Å². The van der Waals surface area contributed by atoms with E-state index in [1.54, 1.807) is 0 Å². The van der Waals surface area contributed by atoms with Gasteiger partial charge in [0.15, 0.2) is 0 Å². The monoisotopic (exact) mass is 338 g/mol. The highest BCUT2D eigenvalue weighted by molar-refractivity contribution is 5.51. The largest absolute Gasteiger partial charge is 0.508 e. The third-order valence-corrected chi connectivity index (χ3v) is 5.53. The summed E-state index contributed by atoms with van der Waals surface area (Å²) in [6.07, 6.45) is 7.50. The number of unbranched alkanes of at least 4 members (excludes halogenated alkanes) is 3. The maximum atomic E-state index is 10.7. The highest BCUT2D eigenvalue weighted by Crippen LogP contribution is 2.43. The van der Waals surface area contributed by atoms with Crippen molar-refractivity contribution in [3.05, 3.63) is 65.2 Å². The highest BCUT2D eigenvalue weighted by atomic mass is 16.3. The molecule has 0 saturated heterocycles. The van der Waals surface area contributed by atoms with Gasteiger partial charge in [-0.1, -0.05) is 95.8 Å². The van der Waals surface area contributed by atoms with Crippen molar-refractivity contribution in [1.82, 2.24) is 0 Å². The molecule has 136 valence electrons. The summed E-state index contributed by atoms with van der Waals surface area (Å²) >= 11 is 0. The number of phenolic OH excluding ortho intramolecular Hbond substituents is 1. The van der Waals surface area contributed by atoms with Crippen molar-refractivity contribution in [1.29, 1.82) is 0 Å². The minimum atomic E-state index is -0.210. The Morgan fingerprint density at radius 3 is 2.24 bits per heavy atom. The molecule has 0 aliphatic carbocycles. The lowest BCUT2D eigenvalue weighted by Gasteiger charge is -2.32. The van der Waals surface area contributed by atoms with Gasteiger partial charge in [0.1, 0.15) is 5.75 Å². The Morgan fingerprint density at radius 1 is 0.880 bits per heavy atom. The number of hydrogen-bond donors (Lipinski definition) is 1. The molecular formula is C24H34O. The molecule has 0 spiro atoms. The molecule has 0 aliphatic heterocycles. The smallest absolute Gasteiger partial charge is 0.119 e. The SMILES string of the molecule is CCCCCCC(CC)c1cccc(O)c1C(C)(C)c1ccccc1. The third-order valence-electron chi connectivity index (χ3n) is 5.53. The van der Waals surface area contributed by atoms with Crippen molar-refractivity contribution in [2.45, 2.75) is 77.6 Å². The summed E-state index contributed by atoms with van der Waals surface area (Å²) in [5, 5.41) is 10.7. The molecule has 0 bridgehead atoms. The van der Waals surface area contributed by atoms with Crippen molar-refractivity contribution in [3.63, 3.8) is 0 Å². The fourth-order valence-electron chi connectivity index (χ4n) is 3.97. The molecule has 1 atom stereocenters. The lowest BCUT2D eigenvalue weighted by molar-refractivity contribution is 0.445. The minimum absolute atomic E-state index is 0.210. The third kappa shape index (κ3) is 4.66. The second kappa shape index (κ2) is 9.08. The number of hydrogen-bond acceptors (Lipinski definition) is 1. The second-order valence-corrected chi connectivity index (χ2v) is 7.69. The Balaban J connectivity index is 2.38. The molecule has 1 heteroatoms. The van der Waals surface area contributed by atoms with E-state index in [1.165, 1.54) is 43.2 Å². The Hall–Kier alpha value is -1.76. The molecule has 0 amide bonds. The lowest BCUT2D eigenvalue weighted by atomic mass is 9.72. The summed E-state index contributed by atoms with van der Waals surface area (Å²) in [6, 6.07) is 16.6. The fraction of sp³-hybridized carbons (Fsp3) is 0.500. The van der Waals surface area contributed by atoms with E-state index in [9.17, 15) is 5.11 Å². The van der Waals surface area contributed by atoms with Crippen LogP contribution < -0.4 is 0 Å². The van der Waals surface area contributed by atoms with Gasteiger partial charge in [-0.2, -0.15) is 0 Å². The average Bonchev–Trinajstić information content (AvgIpc) is 2.62. The molecule has 0 aromatic heterocycles. The van der Waals surface area contributed by atoms with Gasteiger partial charge >= 0.3 is 0 Å². The van der Waals surface area contributed by atoms with Gasteiger partial charge in [-0.15, -0.1) is 0 Å². The number of phenols is 1. The second-order valence-electron chi connectivity index (χ2n) is 7.69. The van der Waals surface area contributed by atoms with Crippen LogP contribution in [-0.4, -0.2) is 5.11 Å². The van der Waals surface area contributed by atoms with Crippen molar-refractivity contribution in [3.8, 4) is 5.75 Å². The Labute approximate surface area is 154 Å². The van der Waals surface area contributed by atoms with Crippen LogP contribution in [0.5, 0.6) is 5.75 Å². The molecule has 1 N–H and O–H groups in total. The van der Waals surface area contributed by atoms with Crippen LogP contribution in [0.4, 0.5) is 0 Å². The van der Waals surface area contributed by atoms with Gasteiger partial charge < -0.3 is 5.11 Å². The molecule has 1 unspecified atom stereocenters. The van der Waals surface area contributed by atoms with Gasteiger partial charge in [-0.25, -0.2) is 0 Å². The normalized spacial score (nSPS) is 13.0. The predicted molar refractivity (Wildman–Crippen MR) is 108 cm³/mol. The molecule has 2 aromatic rings. The summed E-state index contributed by atoms with van der Waals surface area (Å²) < 4.78 is 0. The Bertz CT molecular complexity index is 642. The molecule has 0 heterocycles. The Morgan fingerprint density at radius 2 is 1.60 bits per heavy atom. The summed E-state index contributed by atoms with van der Waals surface area (Å²) in [7, 11) is 0. The first-order valence-electron chi connectivity index (χ1n) is 9.90. The quantitative estimate of drug-likeness (QED) is 0.480. The van der Waals surface area contributed by atoms with E-state index in [0.717, 1.165) is 12.0 Å². The van der Waals surface area contributed by atoms with Crippen LogP contribution in [0.2, 0.25) is 0 Å². The molecule has 0 radical (unpaired) electrons. The lowest BCUT2D eigenvalue weighted by Crippen LogP contribution is -2.22. The van der Waals surface area contributed by atoms with E-state index in [4.69, 9.17) is 0 Å². The van der Waals surface area contributed by atoms with Crippen LogP contribution in [-0.2, 0) is 5.41 Å². The number of rotatable bonds is 9. The van der Waals surface area contributed by atoms with Crippen LogP contribution in [0, 0.1) is 0 Å². The van der Waals surface area contributed by atoms with E-state index >= 15 is 0 Å². The van der Waals surface area contributed by atoms with Crippen LogP contribution in [0.3, 0.4) is 0 Å². The van der Waals surface area contributed by atoms with Gasteiger partial charge in [-0.05, 0) is 36.0 Å². The van der Waals surface area contributed by atoms with Gasteiger partial charge in [-0.3, -0.25) is 0 Å². The van der Waals surface area contributed by atoms with Crippen LogP contribution >= 0.6 is 0 Å². The zero-order valence-electron chi connectivity index (χ0n) is 16.4. The molecule has 25 heavy (non-hydrogen) atoms. The van der Waals surface area contributed by atoms with E-state index in [0.29, 0.717) is 11.7 Å². The van der Waals surface area contributed by atoms with Crippen molar-refractivity contribution in [2.75, 3.05) is 0 Å². The van der Waals surface area contributed by atoms with Gasteiger partial charge in [0, 0.05) is 11.0 Å². The van der Waals surface area contributed by atoms with Crippen LogP contribution in [0.15, 0.2) is 48.5 Å². The van der Waals surface area contributed by atoms with Crippen molar-refractivity contribution < 1.29 is 5.11 Å². The molecule has 1 nitrogen and oxygen atoms in total. The average molecular weight is 339 g/mol. The predicted octanol–water partition coefficient (Wildman–Crippen LogP) is 7.18. The number of benzene rings is 2. The van der Waals surface area contributed by atoms with E-state index in [-0.39, 0.29) is 5.41 Å². The molecule has 2 aromatic carbocycles. The maximum absolute atomic E-state index is 10.7. The fourth-order valence-corrected chi connectivity index (χ4v) is 3.97. The number of aromatic hydroxyl groups is 1. The molecule has 0 fully saturated rings. The summed E-state index contributed by atoms with van der Waals surface area (Å²) in [4.78, 5) is 0. The van der Waals surface area contributed by atoms with Gasteiger partial charge in [0.2, 0.25) is 0 Å². The molecule has 2 rings (SSSR count). The first-order valence-corrected chi connectivity index (χ1v) is 9.90. The van der Waals surface area contributed by atoms with Crippen molar-refractivity contribution in [2.24, 2.45) is 0 Å². The summed E-state index contributed by atoms with van der Waals surface area (Å²) in [5.41, 5.74) is 3.47. The van der Waals surface area contributed by atoms with E-state index < -0.39 is 0 Å². The standard InChI is InChI=1S/C24H34O/c1-5-7-8-10-14-19(6-2)21-17-13-18-22(25)23(21)24(3,4)20-15-11-9-12-16-20/h9,11-13,15-19,25H,5-8,10,14H2,1-4H3. The maximum Gasteiger partial charge on any atom is 0.119 e. The first kappa shape index (κ1) is 19.6. The zero-order chi connectivity index (χ0) is 18.3. The molecule has 0 saturated carbocycles.